The summed E-state index contributed by atoms with van der Waals surface area (Å²) in [6, 6.07) is 5.52. The number of ether oxygens (including phenoxy) is 3. The zero-order valence-corrected chi connectivity index (χ0v) is 14.2. The van der Waals surface area contributed by atoms with Gasteiger partial charge in [0.1, 0.15) is 24.2 Å². The highest BCUT2D eigenvalue weighted by Gasteiger charge is 2.35. The Morgan fingerprint density at radius 3 is 2.67 bits per heavy atom. The Kier molecular flexibility index (Phi) is 5.22. The number of hydrogen-bond acceptors (Lipinski definition) is 6. The maximum absolute atomic E-state index is 12.2. The molecule has 0 fully saturated rings. The average molecular weight is 387 g/mol. The second-order valence-electron chi connectivity index (χ2n) is 5.90. The van der Waals surface area contributed by atoms with Gasteiger partial charge in [-0.15, -0.1) is 13.2 Å². The summed E-state index contributed by atoms with van der Waals surface area (Å²) in [5.74, 6) is -0.616. The molecule has 2 aromatic rings. The van der Waals surface area contributed by atoms with Crippen LogP contribution in [0.5, 0.6) is 11.8 Å². The van der Waals surface area contributed by atoms with Crippen molar-refractivity contribution < 1.29 is 32.3 Å². The summed E-state index contributed by atoms with van der Waals surface area (Å²) in [6.45, 7) is 2.35. The quantitative estimate of drug-likeness (QED) is 0.557. The van der Waals surface area contributed by atoms with Crippen LogP contribution in [0, 0.1) is 10.1 Å². The molecular formula is C16H16F3N3O5. The van der Waals surface area contributed by atoms with Gasteiger partial charge in [-0.25, -0.2) is 0 Å². The van der Waals surface area contributed by atoms with Gasteiger partial charge < -0.3 is 24.3 Å². The van der Waals surface area contributed by atoms with Crippen LogP contribution >= 0.6 is 0 Å². The van der Waals surface area contributed by atoms with E-state index >= 15 is 0 Å². The van der Waals surface area contributed by atoms with Crippen molar-refractivity contribution in [2.24, 2.45) is 0 Å². The lowest BCUT2D eigenvalue weighted by Crippen LogP contribution is -2.41. The van der Waals surface area contributed by atoms with Crippen molar-refractivity contribution in [3.63, 3.8) is 0 Å². The Bertz CT molecular complexity index is 807. The number of rotatable bonds is 6. The molecule has 1 unspecified atom stereocenters. The van der Waals surface area contributed by atoms with Crippen LogP contribution in [-0.2, 0) is 17.9 Å². The highest BCUT2D eigenvalue weighted by atomic mass is 19.4. The maximum Gasteiger partial charge on any atom is 0.573 e. The molecule has 2 atom stereocenters. The Labute approximate surface area is 151 Å². The van der Waals surface area contributed by atoms with Gasteiger partial charge in [0.15, 0.2) is 0 Å². The summed E-state index contributed by atoms with van der Waals surface area (Å²) in [4.78, 5) is 14.1. The Hall–Kier alpha value is -2.82. The molecule has 3 rings (SSSR count). The third-order valence-corrected chi connectivity index (χ3v) is 3.99. The molecule has 2 heterocycles. The van der Waals surface area contributed by atoms with Crippen molar-refractivity contribution in [3.05, 3.63) is 46.1 Å². The fraction of sp³-hybridized carbons (Fsp3) is 0.438. The number of alkyl halides is 3. The van der Waals surface area contributed by atoms with Crippen LogP contribution in [-0.4, -0.2) is 33.0 Å². The van der Waals surface area contributed by atoms with Crippen LogP contribution in [0.3, 0.4) is 0 Å². The van der Waals surface area contributed by atoms with E-state index in [1.54, 1.807) is 0 Å². The van der Waals surface area contributed by atoms with Crippen LogP contribution < -0.4 is 9.47 Å². The van der Waals surface area contributed by atoms with Crippen LogP contribution in [0.1, 0.15) is 18.9 Å². The Balaban J connectivity index is 1.63. The largest absolute Gasteiger partial charge is 0.573 e. The number of fused-ring (bicyclic) bond motifs is 1. The Morgan fingerprint density at radius 1 is 1.37 bits per heavy atom. The summed E-state index contributed by atoms with van der Waals surface area (Å²) in [5.41, 5.74) is 0.654. The van der Waals surface area contributed by atoms with Crippen molar-refractivity contribution in [1.29, 1.82) is 0 Å². The number of hydrogen-bond donors (Lipinski definition) is 0. The van der Waals surface area contributed by atoms with Gasteiger partial charge in [0.05, 0.1) is 13.2 Å². The van der Waals surface area contributed by atoms with Gasteiger partial charge in [-0.05, 0) is 29.0 Å². The molecule has 1 aromatic carbocycles. The van der Waals surface area contributed by atoms with E-state index in [9.17, 15) is 23.3 Å². The fourth-order valence-electron chi connectivity index (χ4n) is 2.72. The third kappa shape index (κ3) is 4.67. The standard InChI is InChI=1S/C16H16F3N3O5/c1-2-12-13(7-21-8-14(22(23)24)20-15(21)26-12)25-9-10-3-5-11(6-4-10)27-16(17,18)19/h3-6,8,12-13H,2,7,9H2,1H3/t12-,13?/m1/s1. The van der Waals surface area contributed by atoms with E-state index in [-0.39, 0.29) is 36.4 Å². The zero-order valence-electron chi connectivity index (χ0n) is 14.2. The first kappa shape index (κ1) is 19.0. The SMILES string of the molecule is CC[C@H]1Oc2nc([N+](=O)[O-])cn2CC1OCc1ccc(OC(F)(F)F)cc1. The molecule has 11 heteroatoms. The minimum absolute atomic E-state index is 0.142. The van der Waals surface area contributed by atoms with Gasteiger partial charge in [0.25, 0.3) is 0 Å². The zero-order chi connectivity index (χ0) is 19.6. The number of benzene rings is 1. The molecule has 0 spiro atoms. The molecule has 0 bridgehead atoms. The van der Waals surface area contributed by atoms with Crippen molar-refractivity contribution >= 4 is 5.82 Å². The molecule has 0 N–H and O–H groups in total. The summed E-state index contributed by atoms with van der Waals surface area (Å²) < 4.78 is 53.4. The van der Waals surface area contributed by atoms with Crippen molar-refractivity contribution in [2.75, 3.05) is 0 Å². The number of halogens is 3. The molecule has 0 saturated heterocycles. The van der Waals surface area contributed by atoms with E-state index in [1.807, 2.05) is 6.92 Å². The number of nitrogens with zero attached hydrogens (tertiary/aromatic N) is 3. The van der Waals surface area contributed by atoms with Gasteiger partial charge in [0.2, 0.25) is 0 Å². The predicted octanol–water partition coefficient (Wildman–Crippen LogP) is 3.45. The monoisotopic (exact) mass is 387 g/mol. The van der Waals surface area contributed by atoms with Gasteiger partial charge >= 0.3 is 18.2 Å². The van der Waals surface area contributed by atoms with Crippen LogP contribution in [0.2, 0.25) is 0 Å². The summed E-state index contributed by atoms with van der Waals surface area (Å²) in [6.07, 6.45) is -3.59. The lowest BCUT2D eigenvalue weighted by Gasteiger charge is -2.30. The Morgan fingerprint density at radius 2 is 2.07 bits per heavy atom. The fourth-order valence-corrected chi connectivity index (χ4v) is 2.72. The smallest absolute Gasteiger partial charge is 0.440 e. The first-order chi connectivity index (χ1) is 12.7. The van der Waals surface area contributed by atoms with Crippen molar-refractivity contribution in [3.8, 4) is 11.8 Å². The molecule has 27 heavy (non-hydrogen) atoms. The van der Waals surface area contributed by atoms with Crippen LogP contribution in [0.15, 0.2) is 30.5 Å². The molecule has 0 aliphatic carbocycles. The average Bonchev–Trinajstić information content (AvgIpc) is 3.02. The van der Waals surface area contributed by atoms with E-state index in [4.69, 9.17) is 9.47 Å². The van der Waals surface area contributed by atoms with E-state index in [0.29, 0.717) is 18.5 Å². The van der Waals surface area contributed by atoms with Gasteiger partial charge in [0, 0.05) is 4.98 Å². The molecule has 1 aromatic heterocycles. The van der Waals surface area contributed by atoms with E-state index < -0.39 is 11.3 Å². The minimum Gasteiger partial charge on any atom is -0.440 e. The first-order valence-corrected chi connectivity index (χ1v) is 8.09. The number of imidazole rings is 1. The topological polar surface area (TPSA) is 88.7 Å². The molecule has 1 aliphatic rings. The highest BCUT2D eigenvalue weighted by molar-refractivity contribution is 5.27. The second-order valence-corrected chi connectivity index (χ2v) is 5.90. The summed E-state index contributed by atoms with van der Waals surface area (Å²) >= 11 is 0. The summed E-state index contributed by atoms with van der Waals surface area (Å²) in [5, 5.41) is 10.8. The van der Waals surface area contributed by atoms with Gasteiger partial charge in [-0.3, -0.25) is 4.57 Å². The van der Waals surface area contributed by atoms with E-state index in [1.165, 1.54) is 35.0 Å². The minimum atomic E-state index is -4.74. The molecule has 0 radical (unpaired) electrons. The predicted molar refractivity (Wildman–Crippen MR) is 85.3 cm³/mol. The van der Waals surface area contributed by atoms with Gasteiger partial charge in [-0.2, -0.15) is 0 Å². The van der Waals surface area contributed by atoms with E-state index in [2.05, 4.69) is 9.72 Å². The first-order valence-electron chi connectivity index (χ1n) is 8.09. The highest BCUT2D eigenvalue weighted by Crippen LogP contribution is 2.28. The van der Waals surface area contributed by atoms with Crippen LogP contribution in [0.4, 0.5) is 19.0 Å². The van der Waals surface area contributed by atoms with Crippen molar-refractivity contribution in [2.45, 2.75) is 45.1 Å². The maximum atomic E-state index is 12.2. The molecule has 0 amide bonds. The number of nitro groups is 1. The molecule has 1 aliphatic heterocycles. The van der Waals surface area contributed by atoms with Crippen molar-refractivity contribution in [1.82, 2.24) is 9.55 Å². The summed E-state index contributed by atoms with van der Waals surface area (Å²) in [7, 11) is 0. The van der Waals surface area contributed by atoms with Gasteiger partial charge in [-0.1, -0.05) is 19.1 Å². The molecular weight excluding hydrogens is 371 g/mol. The second kappa shape index (κ2) is 7.43. The lowest BCUT2D eigenvalue weighted by molar-refractivity contribution is -0.389. The van der Waals surface area contributed by atoms with E-state index in [0.717, 1.165) is 0 Å². The number of aromatic nitrogens is 2. The lowest BCUT2D eigenvalue weighted by atomic mass is 10.1. The molecule has 8 nitrogen and oxygen atoms in total. The van der Waals surface area contributed by atoms with Crippen LogP contribution in [0.25, 0.3) is 0 Å². The molecule has 0 saturated carbocycles. The third-order valence-electron chi connectivity index (χ3n) is 3.99. The normalized spacial score (nSPS) is 19.3. The molecule has 146 valence electrons.